The molecule has 24 heavy (non-hydrogen) atoms. The topological polar surface area (TPSA) is 99.7 Å². The molecule has 2 atom stereocenters. The van der Waals surface area contributed by atoms with Crippen LogP contribution in [0, 0.1) is 5.92 Å². The number of sulfonamides is 1. The molecule has 3 aliphatic rings. The lowest BCUT2D eigenvalue weighted by Gasteiger charge is -2.17. The Bertz CT molecular complexity index is 930. The molecule has 1 aliphatic carbocycles. The first-order valence-electron chi connectivity index (χ1n) is 7.60. The highest BCUT2D eigenvalue weighted by Crippen LogP contribution is 2.41. The molecule has 124 valence electrons. The summed E-state index contributed by atoms with van der Waals surface area (Å²) in [4.78, 5) is 12.2. The van der Waals surface area contributed by atoms with Crippen molar-refractivity contribution in [3.05, 3.63) is 47.2 Å². The number of rotatable bonds is 3. The molecule has 1 aromatic rings. The fraction of sp³-hybridized carbons (Fsp3) is 0.250. The van der Waals surface area contributed by atoms with Gasteiger partial charge in [0.15, 0.2) is 0 Å². The predicted octanol–water partition coefficient (Wildman–Crippen LogP) is 0.803. The number of allylic oxidation sites excluding steroid dienone is 1. The van der Waals surface area contributed by atoms with Gasteiger partial charge >= 0.3 is 0 Å². The third kappa shape index (κ3) is 2.35. The number of benzene rings is 1. The van der Waals surface area contributed by atoms with Crippen LogP contribution in [-0.4, -0.2) is 32.3 Å². The molecule has 1 fully saturated rings. The summed E-state index contributed by atoms with van der Waals surface area (Å²) in [5, 5.41) is 6.78. The molecule has 0 bridgehead atoms. The lowest BCUT2D eigenvalue weighted by molar-refractivity contribution is -0.116. The monoisotopic (exact) mass is 344 g/mol. The summed E-state index contributed by atoms with van der Waals surface area (Å²) >= 11 is 0. The molecule has 2 unspecified atom stereocenters. The second-order valence-corrected chi connectivity index (χ2v) is 8.01. The SMILES string of the molecule is CNS(=O)(=O)C1CC1C1=NNC(=O)C1=C1C=Cc2ccccc2N1. The Morgan fingerprint density at radius 1 is 1.25 bits per heavy atom. The number of carbonyl (C=O) groups is 1. The number of hydrogen-bond donors (Lipinski definition) is 3. The maximum Gasteiger partial charge on any atom is 0.275 e. The standard InChI is InChI=1S/C16H16N4O3S/c1-17-24(22,23)13-8-10(13)15-14(16(21)20-19-15)12-7-6-9-4-2-3-5-11(9)18-12/h2-7,10,13,17-18H,8H2,1H3,(H,20,21). The summed E-state index contributed by atoms with van der Waals surface area (Å²) in [6.07, 6.45) is 4.21. The summed E-state index contributed by atoms with van der Waals surface area (Å²) in [5.41, 5.74) is 5.94. The molecule has 8 heteroatoms. The van der Waals surface area contributed by atoms with Gasteiger partial charge in [0, 0.05) is 11.6 Å². The Balaban J connectivity index is 1.68. The van der Waals surface area contributed by atoms with E-state index >= 15 is 0 Å². The van der Waals surface area contributed by atoms with E-state index in [2.05, 4.69) is 20.6 Å². The van der Waals surface area contributed by atoms with Gasteiger partial charge in [-0.2, -0.15) is 5.10 Å². The Morgan fingerprint density at radius 3 is 2.83 bits per heavy atom. The fourth-order valence-electron chi connectivity index (χ4n) is 3.08. The van der Waals surface area contributed by atoms with E-state index in [4.69, 9.17) is 0 Å². The van der Waals surface area contributed by atoms with E-state index < -0.39 is 15.3 Å². The Labute approximate surface area is 139 Å². The van der Waals surface area contributed by atoms with Crippen LogP contribution >= 0.6 is 0 Å². The zero-order valence-electron chi connectivity index (χ0n) is 12.9. The third-order valence-electron chi connectivity index (χ3n) is 4.46. The van der Waals surface area contributed by atoms with E-state index in [-0.39, 0.29) is 11.8 Å². The minimum Gasteiger partial charge on any atom is -0.354 e. The van der Waals surface area contributed by atoms with Gasteiger partial charge in [0.05, 0.1) is 22.2 Å². The lowest BCUT2D eigenvalue weighted by Crippen LogP contribution is -2.26. The minimum atomic E-state index is -3.36. The molecule has 2 aliphatic heterocycles. The van der Waals surface area contributed by atoms with Crippen molar-refractivity contribution >= 4 is 33.4 Å². The van der Waals surface area contributed by atoms with E-state index in [1.165, 1.54) is 7.05 Å². The Morgan fingerprint density at radius 2 is 2.04 bits per heavy atom. The van der Waals surface area contributed by atoms with Gasteiger partial charge in [-0.3, -0.25) is 4.79 Å². The van der Waals surface area contributed by atoms with Gasteiger partial charge in [0.25, 0.3) is 5.91 Å². The number of carbonyl (C=O) groups excluding carboxylic acids is 1. The van der Waals surface area contributed by atoms with Gasteiger partial charge in [0.2, 0.25) is 10.0 Å². The van der Waals surface area contributed by atoms with Gasteiger partial charge in [-0.25, -0.2) is 18.6 Å². The smallest absolute Gasteiger partial charge is 0.275 e. The van der Waals surface area contributed by atoms with Gasteiger partial charge in [-0.15, -0.1) is 0 Å². The highest BCUT2D eigenvalue weighted by Gasteiger charge is 2.52. The average Bonchev–Trinajstić information content (AvgIpc) is 3.31. The summed E-state index contributed by atoms with van der Waals surface area (Å²) in [5.74, 6) is -0.583. The zero-order valence-corrected chi connectivity index (χ0v) is 13.7. The van der Waals surface area contributed by atoms with Crippen LogP contribution in [-0.2, 0) is 14.8 Å². The molecule has 0 radical (unpaired) electrons. The quantitative estimate of drug-likeness (QED) is 0.706. The van der Waals surface area contributed by atoms with Gasteiger partial charge < -0.3 is 5.32 Å². The fourth-order valence-corrected chi connectivity index (χ4v) is 4.41. The first-order chi connectivity index (χ1) is 11.5. The molecule has 3 N–H and O–H groups in total. The molecule has 1 amide bonds. The van der Waals surface area contributed by atoms with Crippen molar-refractivity contribution in [3.63, 3.8) is 0 Å². The molecule has 2 heterocycles. The van der Waals surface area contributed by atoms with Crippen LogP contribution in [0.2, 0.25) is 0 Å². The van der Waals surface area contributed by atoms with Gasteiger partial charge in [0.1, 0.15) is 0 Å². The van der Waals surface area contributed by atoms with Crippen LogP contribution in [0.15, 0.2) is 46.7 Å². The zero-order chi connectivity index (χ0) is 16.9. The summed E-state index contributed by atoms with van der Waals surface area (Å²) < 4.78 is 26.2. The largest absolute Gasteiger partial charge is 0.354 e. The number of anilines is 1. The normalized spacial score (nSPS) is 28.0. The first-order valence-corrected chi connectivity index (χ1v) is 9.15. The first kappa shape index (κ1) is 15.1. The Hall–Kier alpha value is -2.45. The molecule has 7 nitrogen and oxygen atoms in total. The highest BCUT2D eigenvalue weighted by molar-refractivity contribution is 7.90. The molecule has 0 aromatic heterocycles. The number of hydrazone groups is 1. The van der Waals surface area contributed by atoms with E-state index in [1.807, 2.05) is 36.4 Å². The lowest BCUT2D eigenvalue weighted by atomic mass is 10.0. The molecule has 0 spiro atoms. The summed E-state index contributed by atoms with van der Waals surface area (Å²) in [6, 6.07) is 7.75. The van der Waals surface area contributed by atoms with Crippen LogP contribution in [0.1, 0.15) is 12.0 Å². The minimum absolute atomic E-state index is 0.267. The van der Waals surface area contributed by atoms with Crippen LogP contribution < -0.4 is 15.5 Å². The van der Waals surface area contributed by atoms with E-state index in [1.54, 1.807) is 0 Å². The highest BCUT2D eigenvalue weighted by atomic mass is 32.2. The maximum absolute atomic E-state index is 12.2. The van der Waals surface area contributed by atoms with Gasteiger partial charge in [-0.1, -0.05) is 24.3 Å². The van der Waals surface area contributed by atoms with Crippen molar-refractivity contribution in [2.24, 2.45) is 11.0 Å². The van der Waals surface area contributed by atoms with E-state index in [9.17, 15) is 13.2 Å². The van der Waals surface area contributed by atoms with Crippen LogP contribution in [0.3, 0.4) is 0 Å². The van der Waals surface area contributed by atoms with Crippen molar-refractivity contribution in [1.29, 1.82) is 0 Å². The van der Waals surface area contributed by atoms with E-state index in [0.717, 1.165) is 11.3 Å². The van der Waals surface area contributed by atoms with Crippen LogP contribution in [0.25, 0.3) is 6.08 Å². The number of nitrogens with one attached hydrogen (secondary N) is 3. The predicted molar refractivity (Wildman–Crippen MR) is 91.6 cm³/mol. The molecular formula is C16H16N4O3S. The second-order valence-electron chi connectivity index (χ2n) is 5.90. The van der Waals surface area contributed by atoms with Crippen molar-refractivity contribution in [1.82, 2.24) is 10.1 Å². The molecule has 4 rings (SSSR count). The van der Waals surface area contributed by atoms with Crippen molar-refractivity contribution in [2.45, 2.75) is 11.7 Å². The Kier molecular flexibility index (Phi) is 3.33. The summed E-state index contributed by atoms with van der Waals surface area (Å²) in [6.45, 7) is 0. The van der Waals surface area contributed by atoms with Crippen LogP contribution in [0.5, 0.6) is 0 Å². The molecule has 0 saturated heterocycles. The summed E-state index contributed by atoms with van der Waals surface area (Å²) in [7, 11) is -1.97. The van der Waals surface area contributed by atoms with Crippen molar-refractivity contribution in [3.8, 4) is 0 Å². The maximum atomic E-state index is 12.2. The number of para-hydroxylation sites is 1. The average molecular weight is 344 g/mol. The van der Waals surface area contributed by atoms with E-state index in [0.29, 0.717) is 23.4 Å². The number of hydrogen-bond acceptors (Lipinski definition) is 5. The number of fused-ring (bicyclic) bond motifs is 1. The second kappa shape index (κ2) is 5.29. The van der Waals surface area contributed by atoms with Crippen molar-refractivity contribution in [2.75, 3.05) is 12.4 Å². The van der Waals surface area contributed by atoms with Crippen molar-refractivity contribution < 1.29 is 13.2 Å². The van der Waals surface area contributed by atoms with Crippen LogP contribution in [0.4, 0.5) is 5.69 Å². The third-order valence-corrected chi connectivity index (χ3v) is 6.34. The number of amides is 1. The molecular weight excluding hydrogens is 328 g/mol. The number of nitrogens with zero attached hydrogens (tertiary/aromatic N) is 1. The molecule has 1 saturated carbocycles. The van der Waals surface area contributed by atoms with Gasteiger partial charge in [-0.05, 0) is 31.2 Å². The molecule has 1 aromatic carbocycles.